The van der Waals surface area contributed by atoms with Crippen molar-refractivity contribution >= 4 is 5.57 Å². The summed E-state index contributed by atoms with van der Waals surface area (Å²) in [5, 5.41) is 0. The second-order valence-electron chi connectivity index (χ2n) is 12.8. The van der Waals surface area contributed by atoms with Gasteiger partial charge in [0.05, 0.1) is 23.8 Å². The van der Waals surface area contributed by atoms with Crippen LogP contribution in [0.3, 0.4) is 0 Å². The molecular formula is C38H40N2. The Kier molecular flexibility index (Phi) is 7.72. The third-order valence-electron chi connectivity index (χ3n) is 7.66. The fraction of sp³-hybridized carbons (Fsp3) is 0.263. The molecule has 0 saturated heterocycles. The normalized spacial score (nSPS) is 17.5. The molecule has 0 N–H and O–H groups in total. The number of hydrogen-bond donors (Lipinski definition) is 0. The van der Waals surface area contributed by atoms with E-state index >= 15 is 0 Å². The molecule has 202 valence electrons. The van der Waals surface area contributed by atoms with Crippen molar-refractivity contribution in [3.05, 3.63) is 150 Å². The molecule has 4 aromatic rings. The summed E-state index contributed by atoms with van der Waals surface area (Å²) in [7, 11) is 0. The first kappa shape index (κ1) is 27.5. The van der Waals surface area contributed by atoms with Crippen molar-refractivity contribution in [2.75, 3.05) is 0 Å². The highest BCUT2D eigenvalue weighted by molar-refractivity contribution is 5.77. The van der Waals surface area contributed by atoms with Crippen LogP contribution < -0.4 is 0 Å². The zero-order valence-electron chi connectivity index (χ0n) is 24.6. The van der Waals surface area contributed by atoms with Crippen molar-refractivity contribution in [2.24, 2.45) is 10.8 Å². The molecule has 0 radical (unpaired) electrons. The Morgan fingerprint density at radius 1 is 0.700 bits per heavy atom. The standard InChI is InChI=1S/C38H40N2/c1-37(2,3)35(27-17-9-7-10-18-27)31-23-15-13-21-29(31)33-25-40-34(26-39-33)30-22-14-16-24-32(30)36(38(4,5)6)28-19-11-8-12-20-28/h7-26,29,36H,1-6H3/b35-31-. The van der Waals surface area contributed by atoms with Gasteiger partial charge in [0.1, 0.15) is 0 Å². The molecule has 1 heterocycles. The summed E-state index contributed by atoms with van der Waals surface area (Å²) in [6, 6.07) is 30.2. The van der Waals surface area contributed by atoms with Gasteiger partial charge >= 0.3 is 0 Å². The molecule has 1 aliphatic carbocycles. The van der Waals surface area contributed by atoms with Gasteiger partial charge in [-0.2, -0.15) is 0 Å². The van der Waals surface area contributed by atoms with Crippen LogP contribution in [0.1, 0.15) is 75.8 Å². The first-order valence-corrected chi connectivity index (χ1v) is 14.3. The molecule has 0 aliphatic heterocycles. The largest absolute Gasteiger partial charge is 0.256 e. The van der Waals surface area contributed by atoms with Crippen molar-refractivity contribution in [3.8, 4) is 11.3 Å². The Labute approximate surface area is 240 Å². The minimum Gasteiger partial charge on any atom is -0.256 e. The van der Waals surface area contributed by atoms with Gasteiger partial charge < -0.3 is 0 Å². The van der Waals surface area contributed by atoms with Crippen LogP contribution in [-0.4, -0.2) is 9.97 Å². The minimum atomic E-state index is -0.0316. The summed E-state index contributed by atoms with van der Waals surface area (Å²) in [6.07, 6.45) is 12.7. The summed E-state index contributed by atoms with van der Waals surface area (Å²) in [5.41, 5.74) is 9.48. The van der Waals surface area contributed by atoms with E-state index in [1.165, 1.54) is 27.8 Å². The van der Waals surface area contributed by atoms with Crippen molar-refractivity contribution in [1.82, 2.24) is 9.97 Å². The van der Waals surface area contributed by atoms with Gasteiger partial charge in [-0.15, -0.1) is 0 Å². The molecule has 0 amide bonds. The number of allylic oxidation sites excluding steroid dienone is 6. The lowest BCUT2D eigenvalue weighted by Crippen LogP contribution is -2.20. The van der Waals surface area contributed by atoms with E-state index < -0.39 is 0 Å². The van der Waals surface area contributed by atoms with Gasteiger partial charge in [-0.25, -0.2) is 0 Å². The molecule has 0 bridgehead atoms. The molecule has 2 unspecified atom stereocenters. The molecular weight excluding hydrogens is 484 g/mol. The minimum absolute atomic E-state index is 0.0316. The molecule has 0 fully saturated rings. The SMILES string of the molecule is CC(C)(C)/C(=C1/C=CC=CC1c1cnc(-c2ccccc2C(c2ccccc2)C(C)(C)C)cn1)c1ccccc1. The second kappa shape index (κ2) is 11.2. The Balaban J connectivity index is 1.57. The monoisotopic (exact) mass is 524 g/mol. The molecule has 3 aromatic carbocycles. The van der Waals surface area contributed by atoms with Gasteiger partial charge in [0.2, 0.25) is 0 Å². The maximum absolute atomic E-state index is 5.04. The first-order valence-electron chi connectivity index (χ1n) is 14.3. The van der Waals surface area contributed by atoms with Crippen LogP contribution in [0.5, 0.6) is 0 Å². The Bertz CT molecular complexity index is 1530. The van der Waals surface area contributed by atoms with E-state index in [-0.39, 0.29) is 22.7 Å². The van der Waals surface area contributed by atoms with Crippen LogP contribution >= 0.6 is 0 Å². The fourth-order valence-electron chi connectivity index (χ4n) is 6.09. The van der Waals surface area contributed by atoms with Crippen LogP contribution in [0, 0.1) is 10.8 Å². The number of nitrogens with zero attached hydrogens (tertiary/aromatic N) is 2. The first-order chi connectivity index (χ1) is 19.1. The van der Waals surface area contributed by atoms with Crippen LogP contribution in [0.2, 0.25) is 0 Å². The van der Waals surface area contributed by atoms with Gasteiger partial charge in [-0.05, 0) is 38.7 Å². The number of hydrogen-bond acceptors (Lipinski definition) is 2. The lowest BCUT2D eigenvalue weighted by molar-refractivity contribution is 0.359. The van der Waals surface area contributed by atoms with E-state index in [1.807, 2.05) is 12.4 Å². The van der Waals surface area contributed by atoms with Crippen LogP contribution in [0.4, 0.5) is 0 Å². The third-order valence-corrected chi connectivity index (χ3v) is 7.66. The molecule has 40 heavy (non-hydrogen) atoms. The van der Waals surface area contributed by atoms with Crippen molar-refractivity contribution in [2.45, 2.75) is 53.4 Å². The molecule has 5 rings (SSSR count). The smallest absolute Gasteiger partial charge is 0.0888 e. The summed E-state index contributed by atoms with van der Waals surface area (Å²) >= 11 is 0. The summed E-state index contributed by atoms with van der Waals surface area (Å²) in [6.45, 7) is 13.8. The highest BCUT2D eigenvalue weighted by Gasteiger charge is 2.31. The van der Waals surface area contributed by atoms with E-state index in [2.05, 4.69) is 151 Å². The molecule has 1 aromatic heterocycles. The lowest BCUT2D eigenvalue weighted by atomic mass is 9.71. The number of rotatable bonds is 5. The molecule has 2 atom stereocenters. The topological polar surface area (TPSA) is 25.8 Å². The summed E-state index contributed by atoms with van der Waals surface area (Å²) in [4.78, 5) is 10.1. The molecule has 2 nitrogen and oxygen atoms in total. The second-order valence-corrected chi connectivity index (χ2v) is 12.8. The predicted octanol–water partition coefficient (Wildman–Crippen LogP) is 10.0. The van der Waals surface area contributed by atoms with Crippen LogP contribution in [-0.2, 0) is 0 Å². The third kappa shape index (κ3) is 5.77. The predicted molar refractivity (Wildman–Crippen MR) is 169 cm³/mol. The number of benzene rings is 3. The van der Waals surface area contributed by atoms with Crippen molar-refractivity contribution < 1.29 is 0 Å². The zero-order chi connectivity index (χ0) is 28.3. The van der Waals surface area contributed by atoms with Gasteiger partial charge in [0.15, 0.2) is 0 Å². The highest BCUT2D eigenvalue weighted by atomic mass is 14.8. The summed E-state index contributed by atoms with van der Waals surface area (Å²) < 4.78 is 0. The maximum atomic E-state index is 5.04. The van der Waals surface area contributed by atoms with Gasteiger partial charge in [0.25, 0.3) is 0 Å². The van der Waals surface area contributed by atoms with Crippen LogP contribution in [0.25, 0.3) is 16.8 Å². The van der Waals surface area contributed by atoms with Crippen molar-refractivity contribution in [3.63, 3.8) is 0 Å². The van der Waals surface area contributed by atoms with E-state index in [0.29, 0.717) is 0 Å². The average Bonchev–Trinajstić information content (AvgIpc) is 2.94. The highest BCUT2D eigenvalue weighted by Crippen LogP contribution is 2.45. The average molecular weight is 525 g/mol. The molecule has 0 spiro atoms. The maximum Gasteiger partial charge on any atom is 0.0888 e. The quantitative estimate of drug-likeness (QED) is 0.259. The van der Waals surface area contributed by atoms with E-state index in [9.17, 15) is 0 Å². The Morgan fingerprint density at radius 2 is 1.35 bits per heavy atom. The van der Waals surface area contributed by atoms with E-state index in [1.54, 1.807) is 0 Å². The van der Waals surface area contributed by atoms with E-state index in [0.717, 1.165) is 17.0 Å². The lowest BCUT2D eigenvalue weighted by Gasteiger charge is -2.33. The molecule has 2 heteroatoms. The van der Waals surface area contributed by atoms with Gasteiger partial charge in [-0.3, -0.25) is 9.97 Å². The zero-order valence-corrected chi connectivity index (χ0v) is 24.6. The Morgan fingerprint density at radius 3 is 1.98 bits per heavy atom. The van der Waals surface area contributed by atoms with Gasteiger partial charge in [-0.1, -0.05) is 151 Å². The van der Waals surface area contributed by atoms with E-state index in [4.69, 9.17) is 9.97 Å². The van der Waals surface area contributed by atoms with Crippen LogP contribution in [0.15, 0.2) is 127 Å². The van der Waals surface area contributed by atoms with Crippen molar-refractivity contribution in [1.29, 1.82) is 0 Å². The number of aromatic nitrogens is 2. The fourth-order valence-corrected chi connectivity index (χ4v) is 6.09. The van der Waals surface area contributed by atoms with Gasteiger partial charge in [0, 0.05) is 17.4 Å². The Hall–Kier alpha value is -4.04. The molecule has 1 aliphatic rings. The molecule has 0 saturated carbocycles. The summed E-state index contributed by atoms with van der Waals surface area (Å²) in [5.74, 6) is 0.274.